The fourth-order valence-electron chi connectivity index (χ4n) is 7.64. The van der Waals surface area contributed by atoms with Gasteiger partial charge in [-0.3, -0.25) is 29.4 Å². The van der Waals surface area contributed by atoms with Crippen LogP contribution < -0.4 is 10.6 Å². The van der Waals surface area contributed by atoms with Crippen molar-refractivity contribution in [3.05, 3.63) is 34.9 Å². The van der Waals surface area contributed by atoms with Crippen molar-refractivity contribution in [1.29, 1.82) is 0 Å². The van der Waals surface area contributed by atoms with Crippen molar-refractivity contribution in [2.45, 2.75) is 96.1 Å². The molecule has 13 heteroatoms. The van der Waals surface area contributed by atoms with Gasteiger partial charge in [-0.2, -0.15) is 10.2 Å². The van der Waals surface area contributed by atoms with Crippen molar-refractivity contribution in [2.24, 2.45) is 17.8 Å². The van der Waals surface area contributed by atoms with E-state index in [-0.39, 0.29) is 59.4 Å². The summed E-state index contributed by atoms with van der Waals surface area (Å²) in [5.41, 5.74) is 2.70. The molecular formula is C34H50N8O5. The summed E-state index contributed by atoms with van der Waals surface area (Å²) < 4.78 is 5.36. The maximum absolute atomic E-state index is 13.2. The van der Waals surface area contributed by atoms with Crippen LogP contribution in [0.4, 0.5) is 0 Å². The van der Waals surface area contributed by atoms with Crippen LogP contribution in [0.25, 0.3) is 0 Å². The van der Waals surface area contributed by atoms with Crippen LogP contribution in [-0.2, 0) is 14.3 Å². The summed E-state index contributed by atoms with van der Waals surface area (Å²) in [6, 6.07) is 3.61. The fourth-order valence-corrected chi connectivity index (χ4v) is 7.64. The van der Waals surface area contributed by atoms with E-state index in [9.17, 15) is 19.2 Å². The maximum atomic E-state index is 13.2. The lowest BCUT2D eigenvalue weighted by atomic mass is 9.91. The summed E-state index contributed by atoms with van der Waals surface area (Å²) in [7, 11) is 0. The largest absolute Gasteiger partial charge is 0.381 e. The standard InChI is InChI=1S/C34H50N8O5/c1-20(2)27-16-29(39-37-27)33(45)41-11-7-26(19-41)36-32(44)24-5-4-22(15-24)14-21(3)28-17-30(40-38-28)34(46)42-10-6-25(18-42)35-31(43)23-8-12-47-13-9-23/h16-17,20-26H,4-15,18-19H2,1-3H3,(H,35,43)(H,36,44)(H,37,39)(H,38,40)/t21?,22?,24-,25?,26?/m1/s1. The predicted octanol–water partition coefficient (Wildman–Crippen LogP) is 2.95. The molecule has 4 fully saturated rings. The summed E-state index contributed by atoms with van der Waals surface area (Å²) in [4.78, 5) is 55.5. The van der Waals surface area contributed by atoms with Gasteiger partial charge in [-0.25, -0.2) is 0 Å². The quantitative estimate of drug-likeness (QED) is 0.307. The van der Waals surface area contributed by atoms with Crippen LogP contribution in [0.2, 0.25) is 0 Å². The molecule has 4 amide bonds. The van der Waals surface area contributed by atoms with Gasteiger partial charge in [-0.15, -0.1) is 0 Å². The number of hydrogen-bond acceptors (Lipinski definition) is 7. The van der Waals surface area contributed by atoms with Crippen LogP contribution in [-0.4, -0.2) is 105 Å². The Hall–Kier alpha value is -3.74. The van der Waals surface area contributed by atoms with E-state index in [1.54, 1.807) is 9.80 Å². The minimum absolute atomic E-state index is 0.00421. The molecule has 0 radical (unpaired) electrons. The highest BCUT2D eigenvalue weighted by Crippen LogP contribution is 2.37. The van der Waals surface area contributed by atoms with E-state index >= 15 is 0 Å². The second kappa shape index (κ2) is 14.6. The number of amides is 4. The van der Waals surface area contributed by atoms with E-state index in [0.29, 0.717) is 56.7 Å². The first-order chi connectivity index (χ1) is 22.6. The minimum Gasteiger partial charge on any atom is -0.381 e. The van der Waals surface area contributed by atoms with Crippen LogP contribution in [0.15, 0.2) is 12.1 Å². The average molecular weight is 651 g/mol. The first kappa shape index (κ1) is 33.2. The fraction of sp³-hybridized carbons (Fsp3) is 0.706. The number of carbonyl (C=O) groups excluding carboxylic acids is 4. The van der Waals surface area contributed by atoms with Gasteiger partial charge in [-0.1, -0.05) is 20.8 Å². The van der Waals surface area contributed by atoms with Gasteiger partial charge in [-0.05, 0) is 81.3 Å². The number of aromatic nitrogens is 4. The van der Waals surface area contributed by atoms with E-state index in [0.717, 1.165) is 62.8 Å². The Bertz CT molecular complexity index is 1430. The number of aromatic amines is 2. The number of nitrogens with one attached hydrogen (secondary N) is 4. The van der Waals surface area contributed by atoms with Gasteiger partial charge in [0.05, 0.1) is 0 Å². The summed E-state index contributed by atoms with van der Waals surface area (Å²) in [5, 5.41) is 20.9. The van der Waals surface area contributed by atoms with E-state index in [2.05, 4.69) is 51.8 Å². The topological polar surface area (TPSA) is 165 Å². The number of carbonyl (C=O) groups is 4. The summed E-state index contributed by atoms with van der Waals surface area (Å²) >= 11 is 0. The van der Waals surface area contributed by atoms with Crippen molar-refractivity contribution in [3.63, 3.8) is 0 Å². The van der Waals surface area contributed by atoms with Crippen molar-refractivity contribution >= 4 is 23.6 Å². The molecule has 0 aromatic carbocycles. The number of rotatable bonds is 10. The third-order valence-corrected chi connectivity index (χ3v) is 10.6. The first-order valence-electron chi connectivity index (χ1n) is 17.5. The van der Waals surface area contributed by atoms with E-state index < -0.39 is 0 Å². The predicted molar refractivity (Wildman–Crippen MR) is 174 cm³/mol. The molecule has 5 heterocycles. The molecule has 5 atom stereocenters. The van der Waals surface area contributed by atoms with Crippen molar-refractivity contribution < 1.29 is 23.9 Å². The zero-order chi connectivity index (χ0) is 33.1. The van der Waals surface area contributed by atoms with Crippen molar-refractivity contribution in [2.75, 3.05) is 39.4 Å². The van der Waals surface area contributed by atoms with E-state index in [4.69, 9.17) is 4.74 Å². The van der Waals surface area contributed by atoms with E-state index in [1.165, 1.54) is 0 Å². The van der Waals surface area contributed by atoms with Gasteiger partial charge in [0.15, 0.2) is 0 Å². The van der Waals surface area contributed by atoms with Gasteiger partial charge in [0.25, 0.3) is 11.8 Å². The Balaban J connectivity index is 0.922. The number of H-pyrrole nitrogens is 2. The normalized spacial score (nSPS) is 25.8. The lowest BCUT2D eigenvalue weighted by molar-refractivity contribution is -0.128. The monoisotopic (exact) mass is 650 g/mol. The molecule has 3 saturated heterocycles. The summed E-state index contributed by atoms with van der Waals surface area (Å²) in [5.74, 6) is 0.780. The lowest BCUT2D eigenvalue weighted by Crippen LogP contribution is -2.42. The molecule has 256 valence electrons. The molecule has 47 heavy (non-hydrogen) atoms. The molecular weight excluding hydrogens is 600 g/mol. The molecule has 1 saturated carbocycles. The van der Waals surface area contributed by atoms with Crippen LogP contribution in [0.5, 0.6) is 0 Å². The summed E-state index contributed by atoms with van der Waals surface area (Å²) in [6.45, 7) is 9.70. The van der Waals surface area contributed by atoms with Gasteiger partial charge in [0, 0.05) is 74.7 Å². The highest BCUT2D eigenvalue weighted by Gasteiger charge is 2.35. The van der Waals surface area contributed by atoms with E-state index in [1.807, 2.05) is 12.1 Å². The van der Waals surface area contributed by atoms with Crippen molar-refractivity contribution in [3.8, 4) is 0 Å². The maximum Gasteiger partial charge on any atom is 0.274 e. The van der Waals surface area contributed by atoms with Crippen LogP contribution >= 0.6 is 0 Å². The Morgan fingerprint density at radius 1 is 0.787 bits per heavy atom. The molecule has 3 aliphatic heterocycles. The number of hydrogen-bond donors (Lipinski definition) is 4. The highest BCUT2D eigenvalue weighted by atomic mass is 16.5. The molecule has 4 unspecified atom stereocenters. The Labute approximate surface area is 276 Å². The van der Waals surface area contributed by atoms with Gasteiger partial charge in [0.2, 0.25) is 11.8 Å². The molecule has 0 spiro atoms. The third-order valence-electron chi connectivity index (χ3n) is 10.6. The molecule has 1 aliphatic carbocycles. The molecule has 4 aliphatic rings. The highest BCUT2D eigenvalue weighted by molar-refractivity contribution is 5.93. The Kier molecular flexibility index (Phi) is 10.3. The molecule has 13 nitrogen and oxygen atoms in total. The smallest absolute Gasteiger partial charge is 0.274 e. The molecule has 2 aromatic rings. The second-order valence-electron chi connectivity index (χ2n) is 14.5. The zero-order valence-corrected chi connectivity index (χ0v) is 27.9. The molecule has 2 aromatic heterocycles. The van der Waals surface area contributed by atoms with Gasteiger partial charge >= 0.3 is 0 Å². The van der Waals surface area contributed by atoms with Gasteiger partial charge in [0.1, 0.15) is 11.4 Å². The summed E-state index contributed by atoms with van der Waals surface area (Å²) in [6.07, 6.45) is 6.59. The zero-order valence-electron chi connectivity index (χ0n) is 27.9. The second-order valence-corrected chi connectivity index (χ2v) is 14.5. The molecule has 0 bridgehead atoms. The lowest BCUT2D eigenvalue weighted by Gasteiger charge is -2.23. The number of nitrogens with zero attached hydrogens (tertiary/aromatic N) is 4. The first-order valence-corrected chi connectivity index (χ1v) is 17.5. The Morgan fingerprint density at radius 2 is 1.34 bits per heavy atom. The van der Waals surface area contributed by atoms with Crippen molar-refractivity contribution in [1.82, 2.24) is 40.8 Å². The van der Waals surface area contributed by atoms with Crippen LogP contribution in [0.1, 0.15) is 116 Å². The minimum atomic E-state index is -0.114. The number of ether oxygens (including phenoxy) is 1. The average Bonchev–Trinajstić information content (AvgIpc) is 3.90. The van der Waals surface area contributed by atoms with Gasteiger partial charge < -0.3 is 25.2 Å². The third kappa shape index (κ3) is 7.88. The van der Waals surface area contributed by atoms with Crippen LogP contribution in [0.3, 0.4) is 0 Å². The molecule has 6 rings (SSSR count). The molecule has 4 N–H and O–H groups in total. The number of likely N-dealkylation sites (tertiary alicyclic amines) is 2. The Morgan fingerprint density at radius 3 is 1.91 bits per heavy atom. The van der Waals surface area contributed by atoms with Crippen LogP contribution in [0, 0.1) is 17.8 Å². The SMILES string of the molecule is CC(C)c1cc(C(=O)N2CCC(NC(=O)[C@@H]3CCC(CC(C)c4cc(C(=O)N5CCC(NC(=O)C6CCOCC6)C5)n[nH]4)C3)C2)n[nH]1.